The highest BCUT2D eigenvalue weighted by molar-refractivity contribution is 5.94. The molecule has 2 heteroatoms. The number of aliphatic hydroxyl groups excluding tert-OH is 1. The first-order valence-electron chi connectivity index (χ1n) is 3.53. The number of hydrogen-bond acceptors (Lipinski definition) is 2. The van der Waals surface area contributed by atoms with Crippen LogP contribution in [0, 0.1) is 0 Å². The average molecular weight is 150 g/mol. The largest absolute Gasteiger partial charge is 0.388 e. The van der Waals surface area contributed by atoms with Crippen LogP contribution in [0.2, 0.25) is 0 Å². The van der Waals surface area contributed by atoms with Gasteiger partial charge in [0.05, 0.1) is 6.10 Å². The van der Waals surface area contributed by atoms with Gasteiger partial charge in [-0.3, -0.25) is 4.79 Å². The third-order valence-corrected chi connectivity index (χ3v) is 1.52. The Morgan fingerprint density at radius 1 is 1.82 bits per heavy atom. The molecule has 0 aromatic heterocycles. The maximum Gasteiger partial charge on any atom is 0.159 e. The van der Waals surface area contributed by atoms with Gasteiger partial charge in [0, 0.05) is 6.42 Å². The Kier molecular flexibility index (Phi) is 2.42. The van der Waals surface area contributed by atoms with Crippen LogP contribution in [0.1, 0.15) is 13.3 Å². The summed E-state index contributed by atoms with van der Waals surface area (Å²) < 4.78 is 0. The molecule has 1 N–H and O–H groups in total. The van der Waals surface area contributed by atoms with Gasteiger partial charge in [-0.25, -0.2) is 0 Å². The highest BCUT2D eigenvalue weighted by Gasteiger charge is 2.19. The number of carbonyl (C=O) groups excluding carboxylic acids is 1. The van der Waals surface area contributed by atoms with Crippen molar-refractivity contribution in [1.29, 1.82) is 0 Å². The molecular weight excluding hydrogens is 140 g/mol. The molecule has 2 nitrogen and oxygen atoms in total. The van der Waals surface area contributed by atoms with Crippen LogP contribution in [-0.2, 0) is 4.79 Å². The smallest absolute Gasteiger partial charge is 0.159 e. The van der Waals surface area contributed by atoms with Gasteiger partial charge in [-0.05, 0) is 30.7 Å². The van der Waals surface area contributed by atoms with E-state index in [1.807, 2.05) is 6.92 Å². The van der Waals surface area contributed by atoms with Crippen molar-refractivity contribution in [2.75, 3.05) is 0 Å². The zero-order valence-electron chi connectivity index (χ0n) is 6.37. The van der Waals surface area contributed by atoms with Gasteiger partial charge in [0.2, 0.25) is 0 Å². The maximum atomic E-state index is 10.7. The number of ketones is 1. The molecule has 1 atom stereocenters. The second-order valence-electron chi connectivity index (χ2n) is 2.43. The first kappa shape index (κ1) is 7.99. The van der Waals surface area contributed by atoms with Crippen molar-refractivity contribution in [2.24, 2.45) is 0 Å². The number of rotatable bonds is 1. The topological polar surface area (TPSA) is 37.3 Å². The van der Waals surface area contributed by atoms with Crippen molar-refractivity contribution in [3.8, 4) is 0 Å². The van der Waals surface area contributed by atoms with E-state index >= 15 is 0 Å². The monoisotopic (exact) mass is 150 g/mol. The van der Waals surface area contributed by atoms with Gasteiger partial charge in [0.15, 0.2) is 5.78 Å². The van der Waals surface area contributed by atoms with Gasteiger partial charge in [-0.15, -0.1) is 5.73 Å². The van der Waals surface area contributed by atoms with Crippen molar-refractivity contribution in [1.82, 2.24) is 0 Å². The molecule has 0 amide bonds. The summed E-state index contributed by atoms with van der Waals surface area (Å²) in [6.45, 7) is 1.83. The van der Waals surface area contributed by atoms with E-state index in [-0.39, 0.29) is 12.2 Å². The molecule has 0 aliphatic heterocycles. The molecule has 0 aromatic rings. The number of allylic oxidation sites excluding steroid dienone is 1. The van der Waals surface area contributed by atoms with Crippen LogP contribution >= 0.6 is 0 Å². The van der Waals surface area contributed by atoms with Crippen LogP contribution in [0.3, 0.4) is 0 Å². The van der Waals surface area contributed by atoms with Crippen molar-refractivity contribution in [3.63, 3.8) is 0 Å². The highest BCUT2D eigenvalue weighted by atomic mass is 16.3. The summed E-state index contributed by atoms with van der Waals surface area (Å²) in [5.74, 6) is -0.0124. The predicted octanol–water partition coefficient (Wildman–Crippen LogP) is 0.978. The lowest BCUT2D eigenvalue weighted by Crippen LogP contribution is -2.04. The van der Waals surface area contributed by atoms with Gasteiger partial charge in [-0.1, -0.05) is 0 Å². The van der Waals surface area contributed by atoms with Gasteiger partial charge in [-0.2, -0.15) is 0 Å². The summed E-state index contributed by atoms with van der Waals surface area (Å²) in [7, 11) is 0. The molecule has 0 spiro atoms. The zero-order valence-corrected chi connectivity index (χ0v) is 6.37. The Labute approximate surface area is 65.5 Å². The Hall–Kier alpha value is -1.11. The van der Waals surface area contributed by atoms with Crippen LogP contribution in [-0.4, -0.2) is 17.0 Å². The second-order valence-corrected chi connectivity index (χ2v) is 2.43. The first-order valence-corrected chi connectivity index (χ1v) is 3.53. The van der Waals surface area contributed by atoms with E-state index in [1.165, 1.54) is 6.08 Å². The predicted molar refractivity (Wildman–Crippen MR) is 42.0 cm³/mol. The SMILES string of the molecule is CC=C=CC1=CC(=O)CC1O. The summed E-state index contributed by atoms with van der Waals surface area (Å²) in [5.41, 5.74) is 3.47. The van der Waals surface area contributed by atoms with Crippen LogP contribution in [0.25, 0.3) is 0 Å². The van der Waals surface area contributed by atoms with Crippen LogP contribution in [0.5, 0.6) is 0 Å². The minimum absolute atomic E-state index is 0.0124. The average Bonchev–Trinajstić information content (AvgIpc) is 2.26. The van der Waals surface area contributed by atoms with Gasteiger partial charge < -0.3 is 5.11 Å². The van der Waals surface area contributed by atoms with Crippen LogP contribution in [0.4, 0.5) is 0 Å². The molecule has 0 heterocycles. The van der Waals surface area contributed by atoms with E-state index in [0.717, 1.165) is 0 Å². The van der Waals surface area contributed by atoms with E-state index in [2.05, 4.69) is 5.73 Å². The van der Waals surface area contributed by atoms with E-state index in [9.17, 15) is 9.90 Å². The van der Waals surface area contributed by atoms with Crippen molar-refractivity contribution in [2.45, 2.75) is 19.4 Å². The van der Waals surface area contributed by atoms with E-state index in [1.54, 1.807) is 12.2 Å². The standard InChI is InChI=1S/C9H10O2/c1-2-3-4-7-5-8(10)6-9(7)11/h2,4-5,9,11H,6H2,1H3. The molecule has 0 radical (unpaired) electrons. The van der Waals surface area contributed by atoms with E-state index in [4.69, 9.17) is 0 Å². The molecule has 1 aliphatic rings. The molecule has 1 rings (SSSR count). The summed E-state index contributed by atoms with van der Waals surface area (Å²) in [5, 5.41) is 9.21. The Morgan fingerprint density at radius 3 is 3.00 bits per heavy atom. The summed E-state index contributed by atoms with van der Waals surface area (Å²) in [6, 6.07) is 0. The minimum atomic E-state index is -0.616. The number of carbonyl (C=O) groups is 1. The lowest BCUT2D eigenvalue weighted by molar-refractivity contribution is -0.114. The molecule has 0 fully saturated rings. The van der Waals surface area contributed by atoms with Crippen molar-refractivity contribution >= 4 is 5.78 Å². The van der Waals surface area contributed by atoms with Crippen LogP contribution < -0.4 is 0 Å². The Balaban J connectivity index is 2.79. The fourth-order valence-electron chi connectivity index (χ4n) is 0.967. The zero-order chi connectivity index (χ0) is 8.27. The van der Waals surface area contributed by atoms with E-state index < -0.39 is 6.10 Å². The highest BCUT2D eigenvalue weighted by Crippen LogP contribution is 2.16. The summed E-state index contributed by atoms with van der Waals surface area (Å²) in [6.07, 6.45) is 4.43. The minimum Gasteiger partial charge on any atom is -0.388 e. The lowest BCUT2D eigenvalue weighted by atomic mass is 10.2. The van der Waals surface area contributed by atoms with Crippen molar-refractivity contribution in [3.05, 3.63) is 29.5 Å². The van der Waals surface area contributed by atoms with Gasteiger partial charge in [0.1, 0.15) is 0 Å². The normalized spacial score (nSPS) is 22.5. The fraction of sp³-hybridized carbons (Fsp3) is 0.333. The molecule has 0 aromatic carbocycles. The molecule has 0 bridgehead atoms. The van der Waals surface area contributed by atoms with Gasteiger partial charge in [0.25, 0.3) is 0 Å². The quantitative estimate of drug-likeness (QED) is 0.566. The summed E-state index contributed by atoms with van der Waals surface area (Å²) >= 11 is 0. The molecule has 0 saturated carbocycles. The number of hydrogen-bond donors (Lipinski definition) is 1. The molecule has 1 aliphatic carbocycles. The fourth-order valence-corrected chi connectivity index (χ4v) is 0.967. The molecular formula is C9H10O2. The number of aliphatic hydroxyl groups is 1. The molecule has 11 heavy (non-hydrogen) atoms. The summed E-state index contributed by atoms with van der Waals surface area (Å²) in [4.78, 5) is 10.7. The second kappa shape index (κ2) is 3.33. The maximum absolute atomic E-state index is 10.7. The first-order chi connectivity index (χ1) is 5.24. The van der Waals surface area contributed by atoms with Crippen molar-refractivity contribution < 1.29 is 9.90 Å². The van der Waals surface area contributed by atoms with Gasteiger partial charge >= 0.3 is 0 Å². The third-order valence-electron chi connectivity index (χ3n) is 1.52. The Bertz CT molecular complexity index is 255. The molecule has 58 valence electrons. The Morgan fingerprint density at radius 2 is 2.55 bits per heavy atom. The lowest BCUT2D eigenvalue weighted by Gasteiger charge is -1.98. The van der Waals surface area contributed by atoms with Crippen LogP contribution in [0.15, 0.2) is 29.5 Å². The third kappa shape index (κ3) is 1.90. The van der Waals surface area contributed by atoms with E-state index in [0.29, 0.717) is 5.57 Å². The molecule has 1 unspecified atom stereocenters. The molecule has 0 saturated heterocycles.